The zero-order valence-electron chi connectivity index (χ0n) is 32.6. The number of allylic oxidation sites excluding steroid dienone is 8. The van der Waals surface area contributed by atoms with Crippen LogP contribution in [-0.2, 0) is 41.2 Å². The molecule has 0 amide bonds. The van der Waals surface area contributed by atoms with Crippen molar-refractivity contribution in [1.82, 2.24) is 0 Å². The highest BCUT2D eigenvalue weighted by atomic mass is 32.2. The number of aryl methyl sites for hydroxylation is 1. The van der Waals surface area contributed by atoms with Crippen molar-refractivity contribution < 1.29 is 53.7 Å². The Balaban J connectivity index is 1.26. The first-order chi connectivity index (χ1) is 27.8. The predicted octanol–water partition coefficient (Wildman–Crippen LogP) is 5.56. The maximum Gasteiger partial charge on any atom is 0.294 e. The second kappa shape index (κ2) is 16.3. The quantitative estimate of drug-likeness (QED) is 0.0813. The van der Waals surface area contributed by atoms with E-state index in [1.807, 2.05) is 78.3 Å². The van der Waals surface area contributed by atoms with Gasteiger partial charge < -0.3 is 15.1 Å². The summed E-state index contributed by atoms with van der Waals surface area (Å²) in [5.41, 5.74) is 6.68. The topological polar surface area (TPSA) is 210 Å². The van der Waals surface area contributed by atoms with E-state index in [1.165, 1.54) is 12.1 Å². The third-order valence-corrected chi connectivity index (χ3v) is 14.4. The lowest BCUT2D eigenvalue weighted by Gasteiger charge is -2.37. The molecule has 3 aromatic carbocycles. The number of β-amino-alcohol motifs (C(OH)–C–C–N with tert-alkyl or cyclic N) is 2. The van der Waals surface area contributed by atoms with Gasteiger partial charge in [0.25, 0.3) is 30.4 Å². The molecule has 0 bridgehead atoms. The standard InChI is InChI=1S/C43H48N2O11S3/c1-30-16-18-39-37(24-30)43(32-13-7-4-8-14-32)23-20-31(41(43)45(39)27-34(47)29-58(51,52)53)12-6-2-3-9-15-40-42(21-10-5-11-22-42)36-25-35(59(54,55)56)17-19-38(36)44(40)26-33(46)28-57(48,49)50/h2-4,6-9,12-19,24-25,33-34,46-47H,5,10-11,20-23,26-29H2,1H3,(H2-,48,49,50,51,52,53,54,55,56)/p+1. The molecule has 59 heavy (non-hydrogen) atoms. The van der Waals surface area contributed by atoms with Crippen LogP contribution in [0.15, 0.2) is 119 Å². The van der Waals surface area contributed by atoms with E-state index in [9.17, 15) is 49.1 Å². The maximum absolute atomic E-state index is 12.2. The number of benzene rings is 3. The van der Waals surface area contributed by atoms with E-state index in [0.717, 1.165) is 65.0 Å². The summed E-state index contributed by atoms with van der Waals surface area (Å²) in [7, 11) is -13.5. The summed E-state index contributed by atoms with van der Waals surface area (Å²) in [6.45, 7) is 1.77. The Morgan fingerprint density at radius 1 is 0.746 bits per heavy atom. The number of nitrogens with zero attached hydrogens (tertiary/aromatic N) is 2. The fourth-order valence-corrected chi connectivity index (χ4v) is 11.5. The van der Waals surface area contributed by atoms with Crippen molar-refractivity contribution in [2.75, 3.05) is 29.5 Å². The van der Waals surface area contributed by atoms with Crippen LogP contribution in [0.3, 0.4) is 0 Å². The normalized spacial score (nSPS) is 22.8. The van der Waals surface area contributed by atoms with Gasteiger partial charge in [-0.3, -0.25) is 13.7 Å². The average molecular weight is 866 g/mol. The molecule has 2 heterocycles. The summed E-state index contributed by atoms with van der Waals surface area (Å²) >= 11 is 0. The fourth-order valence-electron chi connectivity index (χ4n) is 9.76. The molecule has 0 radical (unpaired) electrons. The maximum atomic E-state index is 12.2. The van der Waals surface area contributed by atoms with Gasteiger partial charge in [0.15, 0.2) is 6.54 Å². The van der Waals surface area contributed by atoms with E-state index in [2.05, 4.69) is 18.2 Å². The molecule has 4 aliphatic rings. The number of hydrogen-bond donors (Lipinski definition) is 5. The van der Waals surface area contributed by atoms with E-state index < -0.39 is 64.9 Å². The van der Waals surface area contributed by atoms with Crippen LogP contribution in [0.25, 0.3) is 0 Å². The lowest BCUT2D eigenvalue weighted by atomic mass is 9.68. The molecule has 13 nitrogen and oxygen atoms in total. The van der Waals surface area contributed by atoms with Gasteiger partial charge in [-0.2, -0.15) is 29.8 Å². The van der Waals surface area contributed by atoms with Crippen LogP contribution >= 0.6 is 0 Å². The summed E-state index contributed by atoms with van der Waals surface area (Å²) in [6, 6.07) is 20.5. The number of anilines is 1. The van der Waals surface area contributed by atoms with Crippen LogP contribution in [0.2, 0.25) is 0 Å². The van der Waals surface area contributed by atoms with Gasteiger partial charge in [0.2, 0.25) is 11.4 Å². The van der Waals surface area contributed by atoms with Crippen molar-refractivity contribution in [3.05, 3.63) is 137 Å². The molecular formula is C43H49N2O11S3+. The third kappa shape index (κ3) is 8.68. The highest BCUT2D eigenvalue weighted by Gasteiger charge is 2.58. The van der Waals surface area contributed by atoms with Crippen molar-refractivity contribution in [3.8, 4) is 0 Å². The summed E-state index contributed by atoms with van der Waals surface area (Å²) in [4.78, 5) is 1.50. The zero-order valence-corrected chi connectivity index (χ0v) is 35.0. The minimum atomic E-state index is -4.54. The molecule has 3 atom stereocenters. The summed E-state index contributed by atoms with van der Waals surface area (Å²) in [5.74, 6) is -1.69. The van der Waals surface area contributed by atoms with Crippen molar-refractivity contribution >= 4 is 47.4 Å². The van der Waals surface area contributed by atoms with E-state index in [4.69, 9.17) is 0 Å². The Morgan fingerprint density at radius 2 is 1.41 bits per heavy atom. The monoisotopic (exact) mass is 865 g/mol. The second-order valence-electron chi connectivity index (χ2n) is 16.0. The summed E-state index contributed by atoms with van der Waals surface area (Å²) < 4.78 is 102. The van der Waals surface area contributed by atoms with Crippen LogP contribution in [0.1, 0.15) is 67.2 Å². The Hall–Kier alpha value is -4.26. The van der Waals surface area contributed by atoms with E-state index >= 15 is 0 Å². The molecule has 3 aromatic rings. The Morgan fingerprint density at radius 3 is 2.07 bits per heavy atom. The molecule has 3 unspecified atom stereocenters. The molecular weight excluding hydrogens is 817 g/mol. The Kier molecular flexibility index (Phi) is 11.8. The highest BCUT2D eigenvalue weighted by Crippen LogP contribution is 2.56. The first kappa shape index (κ1) is 42.8. The van der Waals surface area contributed by atoms with Gasteiger partial charge in [-0.25, -0.2) is 0 Å². The molecule has 2 aliphatic carbocycles. The SMILES string of the molecule is Cc1ccc2c(c1)C1(c3ccccc3)CC\C(=C/C=C/C=C/C=C3\N(CC(O)CS(=O)(=O)O)c4ccc(S(=O)(=O)O)cc4C34CCCCC4)C1=[N+]2CC(O)CS(=O)(=O)O. The van der Waals surface area contributed by atoms with E-state index in [-0.39, 0.29) is 18.0 Å². The van der Waals surface area contributed by atoms with Crippen LogP contribution in [0.4, 0.5) is 11.4 Å². The van der Waals surface area contributed by atoms with E-state index in [0.29, 0.717) is 30.5 Å². The van der Waals surface area contributed by atoms with Crippen LogP contribution < -0.4 is 4.90 Å². The Bertz CT molecular complexity index is 2630. The lowest BCUT2D eigenvalue weighted by Crippen LogP contribution is -2.38. The van der Waals surface area contributed by atoms with Gasteiger partial charge in [-0.15, -0.1) is 0 Å². The molecule has 2 fully saturated rings. The van der Waals surface area contributed by atoms with Crippen molar-refractivity contribution in [2.45, 2.75) is 79.8 Å². The number of aliphatic hydroxyl groups is 2. The van der Waals surface area contributed by atoms with Crippen molar-refractivity contribution in [3.63, 3.8) is 0 Å². The minimum Gasteiger partial charge on any atom is -0.390 e. The zero-order chi connectivity index (χ0) is 42.4. The van der Waals surface area contributed by atoms with Gasteiger partial charge in [0.05, 0.1) is 11.0 Å². The molecule has 2 saturated carbocycles. The van der Waals surface area contributed by atoms with Crippen LogP contribution in [0, 0.1) is 6.92 Å². The third-order valence-electron chi connectivity index (χ3n) is 12.0. The number of hydrogen-bond acceptors (Lipinski definition) is 9. The number of fused-ring (bicyclic) bond motifs is 5. The highest BCUT2D eigenvalue weighted by molar-refractivity contribution is 7.86. The van der Waals surface area contributed by atoms with Crippen LogP contribution in [0.5, 0.6) is 0 Å². The molecule has 314 valence electrons. The van der Waals surface area contributed by atoms with Gasteiger partial charge in [0, 0.05) is 40.5 Å². The molecule has 0 saturated heterocycles. The van der Waals surface area contributed by atoms with Gasteiger partial charge in [-0.1, -0.05) is 91.6 Å². The van der Waals surface area contributed by atoms with Gasteiger partial charge in [-0.05, 0) is 74.1 Å². The first-order valence-corrected chi connectivity index (χ1v) is 24.2. The molecule has 16 heteroatoms. The molecule has 7 rings (SSSR count). The van der Waals surface area contributed by atoms with E-state index in [1.54, 1.807) is 11.0 Å². The smallest absolute Gasteiger partial charge is 0.294 e. The molecule has 2 aliphatic heterocycles. The predicted molar refractivity (Wildman–Crippen MR) is 225 cm³/mol. The summed E-state index contributed by atoms with van der Waals surface area (Å²) in [6.07, 6.45) is 13.8. The van der Waals surface area contributed by atoms with Gasteiger partial charge in [0.1, 0.15) is 23.0 Å². The Labute approximate surface area is 345 Å². The molecule has 1 spiro atoms. The lowest BCUT2D eigenvalue weighted by molar-refractivity contribution is -0.448. The minimum absolute atomic E-state index is 0.0560. The average Bonchev–Trinajstić information content (AvgIpc) is 3.74. The van der Waals surface area contributed by atoms with Crippen molar-refractivity contribution in [1.29, 1.82) is 0 Å². The summed E-state index contributed by atoms with van der Waals surface area (Å²) in [5, 5.41) is 21.7. The molecule has 5 N–H and O–H groups in total. The number of rotatable bonds is 13. The van der Waals surface area contributed by atoms with Crippen LogP contribution in [-0.4, -0.2) is 96.2 Å². The largest absolute Gasteiger partial charge is 0.390 e. The molecule has 0 aromatic heterocycles. The fraction of sp³-hybridized carbons (Fsp3) is 0.372. The number of aliphatic hydroxyl groups excluding tert-OH is 2. The van der Waals surface area contributed by atoms with Gasteiger partial charge >= 0.3 is 0 Å². The first-order valence-electron chi connectivity index (χ1n) is 19.6. The van der Waals surface area contributed by atoms with Crippen molar-refractivity contribution in [2.24, 2.45) is 0 Å². The second-order valence-corrected chi connectivity index (χ2v) is 20.4.